The van der Waals surface area contributed by atoms with Gasteiger partial charge in [-0.25, -0.2) is 0 Å². The van der Waals surface area contributed by atoms with Crippen LogP contribution in [0.15, 0.2) is 0 Å². The molecule has 4 heteroatoms. The standard InChI is InChI=1S/C13H23NO3/c15-9-10-4-1-2-6-12(10)14-13(16)8-11-5-3-7-17-11/h10-12,15H,1-9H2,(H,14,16). The molecule has 2 fully saturated rings. The van der Waals surface area contributed by atoms with Crippen molar-refractivity contribution in [3.63, 3.8) is 0 Å². The van der Waals surface area contributed by atoms with E-state index in [1.807, 2.05) is 0 Å². The molecule has 1 amide bonds. The lowest BCUT2D eigenvalue weighted by Crippen LogP contribution is -2.44. The number of aliphatic hydroxyl groups excluding tert-OH is 1. The number of ether oxygens (including phenoxy) is 1. The SMILES string of the molecule is O=C(CC1CCCO1)NC1CCCCC1CO. The van der Waals surface area contributed by atoms with Gasteiger partial charge in [-0.2, -0.15) is 0 Å². The molecule has 0 aromatic carbocycles. The van der Waals surface area contributed by atoms with Crippen LogP contribution in [-0.4, -0.2) is 36.4 Å². The van der Waals surface area contributed by atoms with Gasteiger partial charge in [-0.3, -0.25) is 4.79 Å². The Morgan fingerprint density at radius 3 is 2.76 bits per heavy atom. The number of carbonyl (C=O) groups excluding carboxylic acids is 1. The second-order valence-electron chi connectivity index (χ2n) is 5.24. The number of amides is 1. The quantitative estimate of drug-likeness (QED) is 0.778. The first-order chi connectivity index (χ1) is 8.29. The molecule has 17 heavy (non-hydrogen) atoms. The summed E-state index contributed by atoms with van der Waals surface area (Å²) in [6.07, 6.45) is 7.02. The summed E-state index contributed by atoms with van der Waals surface area (Å²) >= 11 is 0. The van der Waals surface area contributed by atoms with Crippen molar-refractivity contribution in [2.45, 2.75) is 57.1 Å². The molecule has 0 aromatic heterocycles. The summed E-state index contributed by atoms with van der Waals surface area (Å²) in [5.74, 6) is 0.333. The van der Waals surface area contributed by atoms with Gasteiger partial charge in [-0.1, -0.05) is 12.8 Å². The van der Waals surface area contributed by atoms with Crippen molar-refractivity contribution < 1.29 is 14.6 Å². The molecule has 4 nitrogen and oxygen atoms in total. The number of rotatable bonds is 4. The third-order valence-electron chi connectivity index (χ3n) is 3.93. The van der Waals surface area contributed by atoms with Crippen LogP contribution in [0.2, 0.25) is 0 Å². The van der Waals surface area contributed by atoms with Crippen LogP contribution in [0, 0.1) is 5.92 Å². The zero-order valence-corrected chi connectivity index (χ0v) is 10.4. The Morgan fingerprint density at radius 1 is 1.24 bits per heavy atom. The van der Waals surface area contributed by atoms with Crippen LogP contribution < -0.4 is 5.32 Å². The molecule has 1 saturated carbocycles. The molecule has 0 radical (unpaired) electrons. The van der Waals surface area contributed by atoms with E-state index < -0.39 is 0 Å². The number of aliphatic hydroxyl groups is 1. The lowest BCUT2D eigenvalue weighted by Gasteiger charge is -2.31. The van der Waals surface area contributed by atoms with Crippen molar-refractivity contribution in [2.75, 3.05) is 13.2 Å². The maximum absolute atomic E-state index is 11.9. The average Bonchev–Trinajstić information content (AvgIpc) is 2.82. The summed E-state index contributed by atoms with van der Waals surface area (Å²) in [6, 6.07) is 0.169. The normalized spacial score (nSPS) is 33.6. The molecule has 0 aromatic rings. The zero-order chi connectivity index (χ0) is 12.1. The summed E-state index contributed by atoms with van der Waals surface area (Å²) < 4.78 is 5.46. The first kappa shape index (κ1) is 12.8. The van der Waals surface area contributed by atoms with Gasteiger partial charge in [0.1, 0.15) is 0 Å². The van der Waals surface area contributed by atoms with E-state index >= 15 is 0 Å². The van der Waals surface area contributed by atoms with Gasteiger partial charge in [0, 0.05) is 25.2 Å². The molecule has 1 saturated heterocycles. The molecular weight excluding hydrogens is 218 g/mol. The third kappa shape index (κ3) is 3.68. The van der Waals surface area contributed by atoms with Crippen LogP contribution in [0.4, 0.5) is 0 Å². The molecule has 1 heterocycles. The van der Waals surface area contributed by atoms with Gasteiger partial charge >= 0.3 is 0 Å². The zero-order valence-electron chi connectivity index (χ0n) is 10.4. The van der Waals surface area contributed by atoms with Crippen LogP contribution >= 0.6 is 0 Å². The second-order valence-corrected chi connectivity index (χ2v) is 5.24. The van der Waals surface area contributed by atoms with Crippen LogP contribution in [0.5, 0.6) is 0 Å². The molecule has 3 atom stereocenters. The highest BCUT2D eigenvalue weighted by molar-refractivity contribution is 5.76. The summed E-state index contributed by atoms with van der Waals surface area (Å²) in [6.45, 7) is 0.978. The predicted molar refractivity (Wildman–Crippen MR) is 64.6 cm³/mol. The number of nitrogens with one attached hydrogen (secondary N) is 1. The van der Waals surface area contributed by atoms with Gasteiger partial charge < -0.3 is 15.2 Å². The van der Waals surface area contributed by atoms with Gasteiger partial charge in [0.05, 0.1) is 12.5 Å². The average molecular weight is 241 g/mol. The molecule has 2 aliphatic rings. The van der Waals surface area contributed by atoms with Gasteiger partial charge in [-0.05, 0) is 25.7 Å². The first-order valence-corrected chi connectivity index (χ1v) is 6.81. The Balaban J connectivity index is 1.75. The third-order valence-corrected chi connectivity index (χ3v) is 3.93. The number of carbonyl (C=O) groups is 1. The summed E-state index contributed by atoms with van der Waals surface area (Å²) in [5.41, 5.74) is 0. The second kappa shape index (κ2) is 6.36. The van der Waals surface area contributed by atoms with Gasteiger partial charge in [0.2, 0.25) is 5.91 Å². The smallest absolute Gasteiger partial charge is 0.222 e. The fraction of sp³-hybridized carbons (Fsp3) is 0.923. The van der Waals surface area contributed by atoms with Crippen LogP contribution in [-0.2, 0) is 9.53 Å². The summed E-state index contributed by atoms with van der Waals surface area (Å²) in [7, 11) is 0. The lowest BCUT2D eigenvalue weighted by atomic mass is 9.85. The molecule has 2 N–H and O–H groups in total. The van der Waals surface area contributed by atoms with Crippen LogP contribution in [0.25, 0.3) is 0 Å². The van der Waals surface area contributed by atoms with Crippen molar-refractivity contribution in [1.82, 2.24) is 5.32 Å². The maximum Gasteiger partial charge on any atom is 0.222 e. The van der Waals surface area contributed by atoms with E-state index in [0.29, 0.717) is 6.42 Å². The van der Waals surface area contributed by atoms with E-state index in [2.05, 4.69) is 5.32 Å². The number of hydrogen-bond acceptors (Lipinski definition) is 3. The maximum atomic E-state index is 11.9. The fourth-order valence-electron chi connectivity index (χ4n) is 2.89. The highest BCUT2D eigenvalue weighted by Crippen LogP contribution is 2.24. The molecule has 0 bridgehead atoms. The highest BCUT2D eigenvalue weighted by Gasteiger charge is 2.27. The minimum absolute atomic E-state index is 0.0854. The minimum atomic E-state index is 0.0854. The molecule has 0 spiro atoms. The predicted octanol–water partition coefficient (Wildman–Crippen LogP) is 1.22. The fourth-order valence-corrected chi connectivity index (χ4v) is 2.89. The first-order valence-electron chi connectivity index (χ1n) is 6.81. The van der Waals surface area contributed by atoms with Gasteiger partial charge in [0.15, 0.2) is 0 Å². The molecule has 1 aliphatic carbocycles. The molecule has 1 aliphatic heterocycles. The van der Waals surface area contributed by atoms with E-state index in [-0.39, 0.29) is 30.6 Å². The van der Waals surface area contributed by atoms with Crippen molar-refractivity contribution in [2.24, 2.45) is 5.92 Å². The van der Waals surface area contributed by atoms with E-state index in [1.54, 1.807) is 0 Å². The minimum Gasteiger partial charge on any atom is -0.396 e. The van der Waals surface area contributed by atoms with Crippen molar-refractivity contribution >= 4 is 5.91 Å². The van der Waals surface area contributed by atoms with Crippen LogP contribution in [0.1, 0.15) is 44.9 Å². The summed E-state index contributed by atoms with van der Waals surface area (Å²) in [4.78, 5) is 11.9. The van der Waals surface area contributed by atoms with E-state index in [4.69, 9.17) is 4.74 Å². The largest absolute Gasteiger partial charge is 0.396 e. The van der Waals surface area contributed by atoms with Gasteiger partial charge in [0.25, 0.3) is 0 Å². The summed E-state index contributed by atoms with van der Waals surface area (Å²) in [5, 5.41) is 12.4. The van der Waals surface area contributed by atoms with E-state index in [9.17, 15) is 9.90 Å². The number of hydrogen-bond donors (Lipinski definition) is 2. The molecule has 2 rings (SSSR count). The Kier molecular flexibility index (Phi) is 4.80. The molecule has 3 unspecified atom stereocenters. The monoisotopic (exact) mass is 241 g/mol. The Labute approximate surface area is 103 Å². The van der Waals surface area contributed by atoms with Crippen molar-refractivity contribution in [1.29, 1.82) is 0 Å². The Morgan fingerprint density at radius 2 is 2.06 bits per heavy atom. The molecule has 98 valence electrons. The van der Waals surface area contributed by atoms with Crippen molar-refractivity contribution in [3.05, 3.63) is 0 Å². The van der Waals surface area contributed by atoms with Crippen LogP contribution in [0.3, 0.4) is 0 Å². The van der Waals surface area contributed by atoms with Crippen molar-refractivity contribution in [3.8, 4) is 0 Å². The highest BCUT2D eigenvalue weighted by atomic mass is 16.5. The molecular formula is C13H23NO3. The lowest BCUT2D eigenvalue weighted by molar-refractivity contribution is -0.124. The topological polar surface area (TPSA) is 58.6 Å². The van der Waals surface area contributed by atoms with E-state index in [1.165, 1.54) is 6.42 Å². The van der Waals surface area contributed by atoms with Gasteiger partial charge in [-0.15, -0.1) is 0 Å². The Hall–Kier alpha value is -0.610. The Bertz CT molecular complexity index is 251. The van der Waals surface area contributed by atoms with E-state index in [0.717, 1.165) is 38.7 Å².